The van der Waals surface area contributed by atoms with E-state index >= 15 is 0 Å². The molecule has 1 heterocycles. The van der Waals surface area contributed by atoms with Gasteiger partial charge >= 0.3 is 5.97 Å². The van der Waals surface area contributed by atoms with Crippen molar-refractivity contribution in [1.82, 2.24) is 4.98 Å². The van der Waals surface area contributed by atoms with E-state index in [0.717, 1.165) is 6.20 Å². The van der Waals surface area contributed by atoms with Gasteiger partial charge in [-0.05, 0) is 13.8 Å². The lowest BCUT2D eigenvalue weighted by atomic mass is 10.1. The first-order valence-corrected chi connectivity index (χ1v) is 4.99. The van der Waals surface area contributed by atoms with Crippen molar-refractivity contribution in [3.8, 4) is 0 Å². The summed E-state index contributed by atoms with van der Waals surface area (Å²) in [5.41, 5.74) is -2.17. The van der Waals surface area contributed by atoms with Gasteiger partial charge in [0.15, 0.2) is 5.69 Å². The van der Waals surface area contributed by atoms with E-state index in [0.29, 0.717) is 0 Å². The first kappa shape index (κ1) is 13.9. The monoisotopic (exact) mass is 260 g/mol. The number of esters is 1. The lowest BCUT2D eigenvalue weighted by molar-refractivity contribution is -0.387. The van der Waals surface area contributed by atoms with Crippen LogP contribution >= 0.6 is 0 Å². The Bertz CT molecular complexity index is 491. The largest absolute Gasteiger partial charge is 0.462 e. The number of hydrogen-bond donors (Lipinski definition) is 0. The number of nitro groups is 1. The smallest absolute Gasteiger partial charge is 0.340 e. The summed E-state index contributed by atoms with van der Waals surface area (Å²) in [5.74, 6) is -0.827. The molecule has 1 aromatic rings. The van der Waals surface area contributed by atoms with E-state index in [9.17, 15) is 23.7 Å². The normalized spacial score (nSPS) is 10.5. The van der Waals surface area contributed by atoms with Gasteiger partial charge in [0.1, 0.15) is 0 Å². The maximum Gasteiger partial charge on any atom is 0.340 e. The predicted octanol–water partition coefficient (Wildman–Crippen LogP) is 2.41. The highest BCUT2D eigenvalue weighted by molar-refractivity contribution is 5.92. The average Bonchev–Trinajstić information content (AvgIpc) is 2.27. The lowest BCUT2D eigenvalue weighted by Gasteiger charge is -2.08. The van der Waals surface area contributed by atoms with Crippen LogP contribution in [0, 0.1) is 17.0 Å². The van der Waals surface area contributed by atoms with Crippen LogP contribution < -0.4 is 0 Å². The highest BCUT2D eigenvalue weighted by atomic mass is 19.3. The molecule has 0 saturated heterocycles. The van der Waals surface area contributed by atoms with Crippen molar-refractivity contribution in [3.63, 3.8) is 0 Å². The molecule has 0 spiro atoms. The van der Waals surface area contributed by atoms with Gasteiger partial charge in [-0.3, -0.25) is 10.1 Å². The summed E-state index contributed by atoms with van der Waals surface area (Å²) in [6.45, 7) is 2.84. The highest BCUT2D eigenvalue weighted by Crippen LogP contribution is 2.31. The molecule has 0 N–H and O–H groups in total. The van der Waals surface area contributed by atoms with Crippen LogP contribution in [0.2, 0.25) is 0 Å². The molecule has 0 aliphatic heterocycles. The molecular formula is C10H10F2N2O4. The van der Waals surface area contributed by atoms with Crippen LogP contribution in [0.25, 0.3) is 0 Å². The van der Waals surface area contributed by atoms with Gasteiger partial charge < -0.3 is 4.74 Å². The molecule has 0 fully saturated rings. The molecule has 0 aliphatic carbocycles. The second-order valence-corrected chi connectivity index (χ2v) is 3.31. The highest BCUT2D eigenvalue weighted by Gasteiger charge is 2.29. The number of aromatic nitrogens is 1. The SMILES string of the molecule is CCOC(=O)c1cnc(C(F)F)c([N+](=O)[O-])c1C. The van der Waals surface area contributed by atoms with Crippen LogP contribution in [-0.2, 0) is 4.74 Å². The van der Waals surface area contributed by atoms with Crippen molar-refractivity contribution < 1.29 is 23.2 Å². The molecule has 0 unspecified atom stereocenters. The van der Waals surface area contributed by atoms with E-state index in [1.165, 1.54) is 6.92 Å². The molecule has 18 heavy (non-hydrogen) atoms. The molecular weight excluding hydrogens is 250 g/mol. The number of rotatable bonds is 4. The maximum absolute atomic E-state index is 12.6. The Hall–Kier alpha value is -2.12. The van der Waals surface area contributed by atoms with Gasteiger partial charge in [0, 0.05) is 11.8 Å². The second kappa shape index (κ2) is 5.48. The van der Waals surface area contributed by atoms with E-state index in [2.05, 4.69) is 9.72 Å². The Labute approximate surface area is 101 Å². The van der Waals surface area contributed by atoms with Crippen LogP contribution in [-0.4, -0.2) is 22.5 Å². The van der Waals surface area contributed by atoms with Crippen LogP contribution in [0.1, 0.15) is 35.0 Å². The Morgan fingerprint density at radius 3 is 2.67 bits per heavy atom. The van der Waals surface area contributed by atoms with Gasteiger partial charge in [0.05, 0.1) is 17.1 Å². The fraction of sp³-hybridized carbons (Fsp3) is 0.400. The number of hydrogen-bond acceptors (Lipinski definition) is 5. The predicted molar refractivity (Wildman–Crippen MR) is 56.5 cm³/mol. The quantitative estimate of drug-likeness (QED) is 0.471. The molecule has 8 heteroatoms. The first-order valence-electron chi connectivity index (χ1n) is 4.99. The summed E-state index contributed by atoms with van der Waals surface area (Å²) in [7, 11) is 0. The summed E-state index contributed by atoms with van der Waals surface area (Å²) in [5, 5.41) is 10.8. The molecule has 6 nitrogen and oxygen atoms in total. The third-order valence-corrected chi connectivity index (χ3v) is 2.22. The summed E-state index contributed by atoms with van der Waals surface area (Å²) in [6, 6.07) is 0. The van der Waals surface area contributed by atoms with Crippen molar-refractivity contribution in [3.05, 3.63) is 33.1 Å². The summed E-state index contributed by atoms with van der Waals surface area (Å²) in [6.07, 6.45) is -2.22. The van der Waals surface area contributed by atoms with Crippen molar-refractivity contribution in [2.45, 2.75) is 20.3 Å². The lowest BCUT2D eigenvalue weighted by Crippen LogP contribution is -2.11. The van der Waals surface area contributed by atoms with Crippen LogP contribution in [0.3, 0.4) is 0 Å². The van der Waals surface area contributed by atoms with Gasteiger partial charge in [-0.25, -0.2) is 18.6 Å². The molecule has 1 aromatic heterocycles. The summed E-state index contributed by atoms with van der Waals surface area (Å²) in [4.78, 5) is 24.5. The minimum atomic E-state index is -3.08. The molecule has 0 aliphatic rings. The van der Waals surface area contributed by atoms with E-state index in [-0.39, 0.29) is 17.7 Å². The van der Waals surface area contributed by atoms with E-state index in [1.54, 1.807) is 6.92 Å². The van der Waals surface area contributed by atoms with Crippen molar-refractivity contribution in [2.24, 2.45) is 0 Å². The maximum atomic E-state index is 12.6. The van der Waals surface area contributed by atoms with Crippen LogP contribution in [0.5, 0.6) is 0 Å². The Morgan fingerprint density at radius 1 is 1.61 bits per heavy atom. The number of nitrogens with zero attached hydrogens (tertiary/aromatic N) is 2. The molecule has 1 rings (SSSR count). The fourth-order valence-corrected chi connectivity index (χ4v) is 1.42. The van der Waals surface area contributed by atoms with Gasteiger partial charge in [0.2, 0.25) is 0 Å². The molecule has 0 atom stereocenters. The fourth-order valence-electron chi connectivity index (χ4n) is 1.42. The van der Waals surface area contributed by atoms with Gasteiger partial charge in [-0.2, -0.15) is 0 Å². The average molecular weight is 260 g/mol. The van der Waals surface area contributed by atoms with Crippen LogP contribution in [0.4, 0.5) is 14.5 Å². The summed E-state index contributed by atoms with van der Waals surface area (Å²) >= 11 is 0. The number of pyridine rings is 1. The van der Waals surface area contributed by atoms with E-state index in [1.807, 2.05) is 0 Å². The van der Waals surface area contributed by atoms with Gasteiger partial charge in [0.25, 0.3) is 12.1 Å². The molecule has 0 radical (unpaired) electrons. The zero-order chi connectivity index (χ0) is 13.9. The number of alkyl halides is 2. The molecule has 98 valence electrons. The summed E-state index contributed by atoms with van der Waals surface area (Å²) < 4.78 is 29.8. The van der Waals surface area contributed by atoms with Gasteiger partial charge in [-0.15, -0.1) is 0 Å². The van der Waals surface area contributed by atoms with E-state index < -0.39 is 28.7 Å². The van der Waals surface area contributed by atoms with Crippen molar-refractivity contribution in [2.75, 3.05) is 6.61 Å². The zero-order valence-electron chi connectivity index (χ0n) is 9.65. The first-order chi connectivity index (χ1) is 8.40. The Morgan fingerprint density at radius 2 is 2.22 bits per heavy atom. The second-order valence-electron chi connectivity index (χ2n) is 3.31. The molecule has 0 amide bonds. The molecule has 0 bridgehead atoms. The number of carbonyl (C=O) groups excluding carboxylic acids is 1. The topological polar surface area (TPSA) is 82.3 Å². The minimum Gasteiger partial charge on any atom is -0.462 e. The Balaban J connectivity index is 3.39. The number of halogens is 2. The van der Waals surface area contributed by atoms with Crippen molar-refractivity contribution in [1.29, 1.82) is 0 Å². The van der Waals surface area contributed by atoms with Crippen molar-refractivity contribution >= 4 is 11.7 Å². The third-order valence-electron chi connectivity index (χ3n) is 2.22. The standard InChI is InChI=1S/C10H10F2N2O4/c1-3-18-10(15)6-4-13-7(9(11)12)8(5(6)2)14(16)17/h4,9H,3H2,1-2H3. The number of carbonyl (C=O) groups is 1. The number of ether oxygens (including phenoxy) is 1. The van der Waals surface area contributed by atoms with E-state index in [4.69, 9.17) is 0 Å². The van der Waals surface area contributed by atoms with Gasteiger partial charge in [-0.1, -0.05) is 0 Å². The van der Waals surface area contributed by atoms with Crippen LogP contribution in [0.15, 0.2) is 6.20 Å². The zero-order valence-corrected chi connectivity index (χ0v) is 9.65. The minimum absolute atomic E-state index is 0.0721. The molecule has 0 aromatic carbocycles. The Kier molecular flexibility index (Phi) is 4.24. The third kappa shape index (κ3) is 2.58. The molecule has 0 saturated carbocycles.